The van der Waals surface area contributed by atoms with E-state index in [9.17, 15) is 13.2 Å². The molecule has 1 aromatic heterocycles. The number of para-hydroxylation sites is 1. The molecule has 172 valence electrons. The number of aromatic nitrogens is 2. The molecule has 3 aromatic carbocycles. The van der Waals surface area contributed by atoms with Crippen molar-refractivity contribution in [3.05, 3.63) is 115 Å². The Morgan fingerprint density at radius 1 is 0.971 bits per heavy atom. The fourth-order valence-corrected chi connectivity index (χ4v) is 4.47. The molecule has 0 atom stereocenters. The predicted octanol–water partition coefficient (Wildman–Crippen LogP) is 3.93. The number of nitrogens with one attached hydrogen (secondary N) is 2. The number of sulfonamides is 1. The Kier molecular flexibility index (Phi) is 7.01. The highest BCUT2D eigenvalue weighted by atomic mass is 32.2. The summed E-state index contributed by atoms with van der Waals surface area (Å²) >= 11 is 0. The number of nitrogens with zero attached hydrogens (tertiary/aromatic N) is 2. The maximum absolute atomic E-state index is 12.9. The largest absolute Gasteiger partial charge is 0.348 e. The van der Waals surface area contributed by atoms with Gasteiger partial charge in [0.05, 0.1) is 16.3 Å². The van der Waals surface area contributed by atoms with Crippen molar-refractivity contribution < 1.29 is 13.2 Å². The molecule has 0 saturated carbocycles. The first kappa shape index (κ1) is 23.2. The second-order valence-electron chi connectivity index (χ2n) is 7.50. The zero-order valence-electron chi connectivity index (χ0n) is 18.4. The Morgan fingerprint density at radius 2 is 1.68 bits per heavy atom. The summed E-state index contributed by atoms with van der Waals surface area (Å²) in [5, 5.41) is 7.63. The van der Waals surface area contributed by atoms with E-state index >= 15 is 0 Å². The van der Waals surface area contributed by atoms with Crippen LogP contribution >= 0.6 is 0 Å². The first-order valence-electron chi connectivity index (χ1n) is 10.7. The minimum Gasteiger partial charge on any atom is -0.348 e. The zero-order valence-corrected chi connectivity index (χ0v) is 19.2. The second kappa shape index (κ2) is 10.3. The van der Waals surface area contributed by atoms with Crippen molar-refractivity contribution in [2.24, 2.45) is 0 Å². The first-order valence-corrected chi connectivity index (χ1v) is 12.1. The lowest BCUT2D eigenvalue weighted by Gasteiger charge is -2.08. The third-order valence-corrected chi connectivity index (χ3v) is 6.54. The molecular formula is C26H24N4O3S. The zero-order chi connectivity index (χ0) is 24.0. The molecule has 0 unspecified atom stereocenters. The molecule has 4 rings (SSSR count). The second-order valence-corrected chi connectivity index (χ2v) is 9.27. The molecule has 0 aliphatic heterocycles. The van der Waals surface area contributed by atoms with Crippen LogP contribution in [0, 0.1) is 0 Å². The van der Waals surface area contributed by atoms with Gasteiger partial charge in [-0.1, -0.05) is 60.7 Å². The molecule has 0 radical (unpaired) electrons. The van der Waals surface area contributed by atoms with Gasteiger partial charge in [0.15, 0.2) is 0 Å². The molecule has 0 saturated heterocycles. The number of benzene rings is 3. The van der Waals surface area contributed by atoms with Crippen LogP contribution in [0.3, 0.4) is 0 Å². The highest BCUT2D eigenvalue weighted by molar-refractivity contribution is 7.89. The number of amides is 1. The van der Waals surface area contributed by atoms with E-state index in [1.807, 2.05) is 66.9 Å². The smallest absolute Gasteiger partial charge is 0.251 e. The standard InChI is InChI=1S/C26H24N4O3S/c1-2-16-28-34(32,33)24-15-9-12-21(17-24)26(31)27-18-22-19-30(23-13-7-4-8-14-23)29-25(22)20-10-5-3-6-11-20/h2-15,17,19,28H,1,16,18H2,(H,27,31). The maximum atomic E-state index is 12.9. The van der Waals surface area contributed by atoms with Crippen molar-refractivity contribution in [2.45, 2.75) is 11.4 Å². The lowest BCUT2D eigenvalue weighted by Crippen LogP contribution is -2.25. The molecule has 8 heteroatoms. The fourth-order valence-electron chi connectivity index (χ4n) is 3.43. The maximum Gasteiger partial charge on any atom is 0.251 e. The molecule has 2 N–H and O–H groups in total. The summed E-state index contributed by atoms with van der Waals surface area (Å²) < 4.78 is 28.9. The van der Waals surface area contributed by atoms with E-state index < -0.39 is 10.0 Å². The molecule has 0 fully saturated rings. The highest BCUT2D eigenvalue weighted by Crippen LogP contribution is 2.23. The van der Waals surface area contributed by atoms with Crippen molar-refractivity contribution in [1.29, 1.82) is 0 Å². The number of hydrogen-bond acceptors (Lipinski definition) is 4. The number of carbonyl (C=O) groups is 1. The van der Waals surface area contributed by atoms with E-state index in [2.05, 4.69) is 16.6 Å². The molecular weight excluding hydrogens is 448 g/mol. The minimum atomic E-state index is -3.73. The molecule has 1 amide bonds. The average molecular weight is 473 g/mol. The molecule has 0 aliphatic rings. The topological polar surface area (TPSA) is 93.1 Å². The molecule has 7 nitrogen and oxygen atoms in total. The van der Waals surface area contributed by atoms with Crippen LogP contribution in [-0.4, -0.2) is 30.7 Å². The molecule has 1 heterocycles. The Balaban J connectivity index is 1.58. The van der Waals surface area contributed by atoms with Gasteiger partial charge >= 0.3 is 0 Å². The number of rotatable bonds is 9. The van der Waals surface area contributed by atoms with Crippen LogP contribution in [0.25, 0.3) is 16.9 Å². The minimum absolute atomic E-state index is 0.0175. The van der Waals surface area contributed by atoms with Crippen LogP contribution in [-0.2, 0) is 16.6 Å². The Labute approximate surface area is 198 Å². The van der Waals surface area contributed by atoms with Gasteiger partial charge in [0, 0.05) is 36.0 Å². The Hall–Kier alpha value is -4.01. The van der Waals surface area contributed by atoms with Gasteiger partial charge in [-0.25, -0.2) is 17.8 Å². The number of hydrogen-bond donors (Lipinski definition) is 2. The van der Waals surface area contributed by atoms with E-state index in [4.69, 9.17) is 5.10 Å². The van der Waals surface area contributed by atoms with Crippen molar-refractivity contribution in [3.63, 3.8) is 0 Å². The van der Waals surface area contributed by atoms with E-state index in [-0.39, 0.29) is 29.5 Å². The summed E-state index contributed by atoms with van der Waals surface area (Å²) in [6.07, 6.45) is 3.34. The monoisotopic (exact) mass is 472 g/mol. The van der Waals surface area contributed by atoms with Gasteiger partial charge in [-0.3, -0.25) is 4.79 Å². The molecule has 0 spiro atoms. The summed E-state index contributed by atoms with van der Waals surface area (Å²) in [5.41, 5.74) is 3.68. The van der Waals surface area contributed by atoms with Gasteiger partial charge in [0.2, 0.25) is 10.0 Å². The quantitative estimate of drug-likeness (QED) is 0.361. The normalized spacial score (nSPS) is 11.2. The predicted molar refractivity (Wildman–Crippen MR) is 132 cm³/mol. The van der Waals surface area contributed by atoms with Crippen LogP contribution in [0.4, 0.5) is 0 Å². The van der Waals surface area contributed by atoms with E-state index in [1.54, 1.807) is 16.8 Å². The fraction of sp³-hybridized carbons (Fsp3) is 0.0769. The third kappa shape index (κ3) is 5.31. The van der Waals surface area contributed by atoms with E-state index in [1.165, 1.54) is 18.2 Å². The van der Waals surface area contributed by atoms with Gasteiger partial charge in [-0.05, 0) is 30.3 Å². The van der Waals surface area contributed by atoms with E-state index in [0.29, 0.717) is 0 Å². The summed E-state index contributed by atoms with van der Waals surface area (Å²) in [4.78, 5) is 12.9. The van der Waals surface area contributed by atoms with Crippen molar-refractivity contribution in [3.8, 4) is 16.9 Å². The lowest BCUT2D eigenvalue weighted by molar-refractivity contribution is 0.0950. The van der Waals surface area contributed by atoms with Gasteiger partial charge < -0.3 is 5.32 Å². The van der Waals surface area contributed by atoms with Crippen molar-refractivity contribution in [1.82, 2.24) is 19.8 Å². The molecule has 0 bridgehead atoms. The lowest BCUT2D eigenvalue weighted by atomic mass is 10.1. The SMILES string of the molecule is C=CCNS(=O)(=O)c1cccc(C(=O)NCc2cn(-c3ccccc3)nc2-c2ccccc2)c1. The van der Waals surface area contributed by atoms with Crippen molar-refractivity contribution >= 4 is 15.9 Å². The Bertz CT molecular complexity index is 1400. The van der Waals surface area contributed by atoms with E-state index in [0.717, 1.165) is 22.5 Å². The van der Waals surface area contributed by atoms with Gasteiger partial charge in [0.1, 0.15) is 0 Å². The van der Waals surface area contributed by atoms with Crippen LogP contribution in [0.5, 0.6) is 0 Å². The van der Waals surface area contributed by atoms with Crippen LogP contribution in [0.15, 0.2) is 109 Å². The summed E-state index contributed by atoms with van der Waals surface area (Å²) in [6, 6.07) is 25.4. The average Bonchev–Trinajstić information content (AvgIpc) is 3.31. The number of carbonyl (C=O) groups excluding carboxylic acids is 1. The molecule has 4 aromatic rings. The van der Waals surface area contributed by atoms with Gasteiger partial charge in [-0.2, -0.15) is 5.10 Å². The van der Waals surface area contributed by atoms with Crippen LogP contribution in [0.1, 0.15) is 15.9 Å². The summed E-state index contributed by atoms with van der Waals surface area (Å²) in [7, 11) is -3.73. The molecule has 34 heavy (non-hydrogen) atoms. The highest BCUT2D eigenvalue weighted by Gasteiger charge is 2.17. The Morgan fingerprint density at radius 3 is 2.38 bits per heavy atom. The van der Waals surface area contributed by atoms with Crippen LogP contribution in [0.2, 0.25) is 0 Å². The van der Waals surface area contributed by atoms with Crippen LogP contribution < -0.4 is 10.0 Å². The third-order valence-electron chi connectivity index (χ3n) is 5.12. The summed E-state index contributed by atoms with van der Waals surface area (Å²) in [6.45, 7) is 3.84. The van der Waals surface area contributed by atoms with Crippen molar-refractivity contribution in [2.75, 3.05) is 6.54 Å². The molecule has 0 aliphatic carbocycles. The van der Waals surface area contributed by atoms with Gasteiger partial charge in [0.25, 0.3) is 5.91 Å². The van der Waals surface area contributed by atoms with Gasteiger partial charge in [-0.15, -0.1) is 6.58 Å². The summed E-state index contributed by atoms with van der Waals surface area (Å²) in [5.74, 6) is -0.382. The first-order chi connectivity index (χ1) is 16.5.